The number of ether oxygens (including phenoxy) is 2. The monoisotopic (exact) mass is 364 g/mol. The summed E-state index contributed by atoms with van der Waals surface area (Å²) >= 11 is 0. The van der Waals surface area contributed by atoms with E-state index in [4.69, 9.17) is 9.47 Å². The van der Waals surface area contributed by atoms with Crippen molar-refractivity contribution in [3.63, 3.8) is 0 Å². The number of aromatic nitrogens is 2. The lowest BCUT2D eigenvalue weighted by atomic mass is 10.2. The summed E-state index contributed by atoms with van der Waals surface area (Å²) in [5, 5.41) is 5.91. The molecule has 0 saturated carbocycles. The first-order valence-corrected chi connectivity index (χ1v) is 8.29. The zero-order chi connectivity index (χ0) is 19.2. The molecule has 0 aliphatic rings. The molecule has 0 spiro atoms. The van der Waals surface area contributed by atoms with E-state index in [1.165, 1.54) is 0 Å². The topological polar surface area (TPSA) is 85.4 Å². The average Bonchev–Trinajstić information content (AvgIpc) is 2.68. The predicted molar refractivity (Wildman–Crippen MR) is 104 cm³/mol. The standard InChI is InChI=1S/C20H20N4O3/c1-13-11-18(19(25)22-14-7-9-16(26-2)10-8-14)24-20(21-13)23-15-5-4-6-17(12-15)27-3/h4-12H,1-3H3,(H,22,25)(H,21,23,24). The summed E-state index contributed by atoms with van der Waals surface area (Å²) < 4.78 is 10.3. The Hall–Kier alpha value is -3.61. The van der Waals surface area contributed by atoms with E-state index in [1.54, 1.807) is 44.6 Å². The Balaban J connectivity index is 1.78. The molecule has 7 nitrogen and oxygen atoms in total. The molecule has 0 aliphatic heterocycles. The lowest BCUT2D eigenvalue weighted by Gasteiger charge is -2.10. The van der Waals surface area contributed by atoms with Gasteiger partial charge in [0.2, 0.25) is 5.95 Å². The van der Waals surface area contributed by atoms with Crippen molar-refractivity contribution in [1.82, 2.24) is 9.97 Å². The largest absolute Gasteiger partial charge is 0.497 e. The molecule has 1 aromatic heterocycles. The molecule has 7 heteroatoms. The van der Waals surface area contributed by atoms with Crippen molar-refractivity contribution in [1.29, 1.82) is 0 Å². The predicted octanol–water partition coefficient (Wildman–Crippen LogP) is 3.80. The van der Waals surface area contributed by atoms with Crippen molar-refractivity contribution in [3.8, 4) is 11.5 Å². The van der Waals surface area contributed by atoms with Crippen LogP contribution in [0.2, 0.25) is 0 Å². The molecule has 0 aliphatic carbocycles. The first-order chi connectivity index (χ1) is 13.1. The van der Waals surface area contributed by atoms with Gasteiger partial charge in [0.15, 0.2) is 0 Å². The molecule has 3 aromatic rings. The number of hydrogen-bond donors (Lipinski definition) is 2. The van der Waals surface area contributed by atoms with Crippen molar-refractivity contribution in [2.45, 2.75) is 6.92 Å². The SMILES string of the molecule is COc1ccc(NC(=O)c2cc(C)nc(Nc3cccc(OC)c3)n2)cc1. The van der Waals surface area contributed by atoms with Crippen molar-refractivity contribution in [2.75, 3.05) is 24.9 Å². The Labute approximate surface area is 157 Å². The number of amides is 1. The number of nitrogens with zero attached hydrogens (tertiary/aromatic N) is 2. The van der Waals surface area contributed by atoms with Crippen LogP contribution >= 0.6 is 0 Å². The number of anilines is 3. The van der Waals surface area contributed by atoms with E-state index in [0.717, 1.165) is 11.4 Å². The minimum atomic E-state index is -0.320. The first kappa shape index (κ1) is 18.2. The smallest absolute Gasteiger partial charge is 0.274 e. The molecular formula is C20H20N4O3. The molecular weight excluding hydrogens is 344 g/mol. The summed E-state index contributed by atoms with van der Waals surface area (Å²) in [7, 11) is 3.19. The molecule has 138 valence electrons. The quantitative estimate of drug-likeness (QED) is 0.692. The van der Waals surface area contributed by atoms with E-state index in [-0.39, 0.29) is 11.6 Å². The highest BCUT2D eigenvalue weighted by atomic mass is 16.5. The molecule has 2 N–H and O–H groups in total. The number of benzene rings is 2. The maximum atomic E-state index is 12.5. The summed E-state index contributed by atoms with van der Waals surface area (Å²) in [5.41, 5.74) is 2.36. The Kier molecular flexibility index (Phi) is 5.51. The summed E-state index contributed by atoms with van der Waals surface area (Å²) in [5.74, 6) is 1.45. The van der Waals surface area contributed by atoms with Crippen molar-refractivity contribution >= 4 is 23.2 Å². The van der Waals surface area contributed by atoms with Gasteiger partial charge in [0.05, 0.1) is 14.2 Å². The highest BCUT2D eigenvalue weighted by Gasteiger charge is 2.11. The van der Waals surface area contributed by atoms with Crippen LogP contribution in [0.15, 0.2) is 54.6 Å². The van der Waals surface area contributed by atoms with Crippen LogP contribution < -0.4 is 20.1 Å². The van der Waals surface area contributed by atoms with Crippen LogP contribution in [0.4, 0.5) is 17.3 Å². The van der Waals surface area contributed by atoms with Crippen LogP contribution in [0.3, 0.4) is 0 Å². The number of carbonyl (C=O) groups is 1. The van der Waals surface area contributed by atoms with Crippen LogP contribution in [-0.2, 0) is 0 Å². The maximum Gasteiger partial charge on any atom is 0.274 e. The van der Waals surface area contributed by atoms with Gasteiger partial charge in [-0.3, -0.25) is 4.79 Å². The molecule has 3 rings (SSSR count). The van der Waals surface area contributed by atoms with Gasteiger partial charge in [0, 0.05) is 23.1 Å². The molecule has 0 bridgehead atoms. The molecule has 27 heavy (non-hydrogen) atoms. The van der Waals surface area contributed by atoms with Crippen LogP contribution in [0.1, 0.15) is 16.2 Å². The normalized spacial score (nSPS) is 10.2. The van der Waals surface area contributed by atoms with Crippen molar-refractivity contribution in [3.05, 3.63) is 66.0 Å². The van der Waals surface area contributed by atoms with Crippen LogP contribution in [0.5, 0.6) is 11.5 Å². The fourth-order valence-electron chi connectivity index (χ4n) is 2.44. The van der Waals surface area contributed by atoms with E-state index in [9.17, 15) is 4.79 Å². The van der Waals surface area contributed by atoms with Crippen molar-refractivity contribution in [2.24, 2.45) is 0 Å². The average molecular weight is 364 g/mol. The molecule has 0 fully saturated rings. The number of rotatable bonds is 6. The number of hydrogen-bond acceptors (Lipinski definition) is 6. The Morgan fingerprint density at radius 3 is 2.33 bits per heavy atom. The lowest BCUT2D eigenvalue weighted by Crippen LogP contribution is -2.15. The molecule has 0 unspecified atom stereocenters. The summed E-state index contributed by atoms with van der Waals surface area (Å²) in [4.78, 5) is 21.2. The van der Waals surface area contributed by atoms with Crippen molar-refractivity contribution < 1.29 is 14.3 Å². The number of carbonyl (C=O) groups excluding carboxylic acids is 1. The Morgan fingerprint density at radius 1 is 0.889 bits per heavy atom. The van der Waals surface area contributed by atoms with Gasteiger partial charge < -0.3 is 20.1 Å². The van der Waals surface area contributed by atoms with Crippen LogP contribution in [0.25, 0.3) is 0 Å². The van der Waals surface area contributed by atoms with Crippen LogP contribution in [-0.4, -0.2) is 30.1 Å². The second-order valence-electron chi connectivity index (χ2n) is 5.76. The van der Waals surface area contributed by atoms with E-state index < -0.39 is 0 Å². The molecule has 0 radical (unpaired) electrons. The summed E-state index contributed by atoms with van der Waals surface area (Å²) in [6.45, 7) is 1.81. The van der Waals surface area contributed by atoms with Gasteiger partial charge in [0.1, 0.15) is 17.2 Å². The zero-order valence-electron chi connectivity index (χ0n) is 15.3. The third-order valence-corrected chi connectivity index (χ3v) is 3.76. The number of aryl methyl sites for hydroxylation is 1. The van der Waals surface area contributed by atoms with E-state index >= 15 is 0 Å². The van der Waals surface area contributed by atoms with Gasteiger partial charge in [-0.15, -0.1) is 0 Å². The Bertz CT molecular complexity index is 942. The number of methoxy groups -OCH3 is 2. The first-order valence-electron chi connectivity index (χ1n) is 8.29. The Morgan fingerprint density at radius 2 is 1.63 bits per heavy atom. The molecule has 0 saturated heterocycles. The minimum absolute atomic E-state index is 0.267. The van der Waals surface area contributed by atoms with E-state index in [2.05, 4.69) is 20.6 Å². The second kappa shape index (κ2) is 8.18. The fraction of sp³-hybridized carbons (Fsp3) is 0.150. The third kappa shape index (κ3) is 4.72. The maximum absolute atomic E-state index is 12.5. The summed E-state index contributed by atoms with van der Waals surface area (Å²) in [6.07, 6.45) is 0. The fourth-order valence-corrected chi connectivity index (χ4v) is 2.44. The third-order valence-electron chi connectivity index (χ3n) is 3.76. The second-order valence-corrected chi connectivity index (χ2v) is 5.76. The van der Waals surface area contributed by atoms with Gasteiger partial charge in [-0.05, 0) is 49.4 Å². The van der Waals surface area contributed by atoms with Crippen LogP contribution in [0, 0.1) is 6.92 Å². The van der Waals surface area contributed by atoms with Gasteiger partial charge in [-0.25, -0.2) is 9.97 Å². The molecule has 0 atom stereocenters. The number of nitrogens with one attached hydrogen (secondary N) is 2. The van der Waals surface area contributed by atoms with Gasteiger partial charge >= 0.3 is 0 Å². The lowest BCUT2D eigenvalue weighted by molar-refractivity contribution is 0.102. The van der Waals surface area contributed by atoms with E-state index in [1.807, 2.05) is 31.2 Å². The van der Waals surface area contributed by atoms with Gasteiger partial charge in [-0.1, -0.05) is 6.07 Å². The van der Waals surface area contributed by atoms with Gasteiger partial charge in [0.25, 0.3) is 5.91 Å². The van der Waals surface area contributed by atoms with Gasteiger partial charge in [-0.2, -0.15) is 0 Å². The minimum Gasteiger partial charge on any atom is -0.497 e. The zero-order valence-corrected chi connectivity index (χ0v) is 15.3. The highest BCUT2D eigenvalue weighted by Crippen LogP contribution is 2.20. The summed E-state index contributed by atoms with van der Waals surface area (Å²) in [6, 6.07) is 16.1. The molecule has 1 heterocycles. The highest BCUT2D eigenvalue weighted by molar-refractivity contribution is 6.03. The van der Waals surface area contributed by atoms with E-state index in [0.29, 0.717) is 23.1 Å². The molecule has 2 aromatic carbocycles. The molecule has 1 amide bonds.